The van der Waals surface area contributed by atoms with Crippen molar-refractivity contribution in [2.24, 2.45) is 0 Å². The van der Waals surface area contributed by atoms with Crippen LogP contribution in [-0.2, 0) is 27.9 Å². The van der Waals surface area contributed by atoms with Crippen molar-refractivity contribution >= 4 is 39.1 Å². The number of amides is 1. The summed E-state index contributed by atoms with van der Waals surface area (Å²) in [5, 5.41) is 3.66. The van der Waals surface area contributed by atoms with Crippen molar-refractivity contribution in [1.82, 2.24) is 9.62 Å². The number of sulfonamides is 1. The van der Waals surface area contributed by atoms with Crippen molar-refractivity contribution in [3.05, 3.63) is 94.0 Å². The van der Waals surface area contributed by atoms with E-state index in [-0.39, 0.29) is 24.5 Å². The van der Waals surface area contributed by atoms with Crippen LogP contribution in [0.1, 0.15) is 11.1 Å². The maximum atomic E-state index is 13.3. The van der Waals surface area contributed by atoms with Crippen LogP contribution in [0.2, 0.25) is 10.0 Å². The highest BCUT2D eigenvalue weighted by Crippen LogP contribution is 2.22. The average Bonchev–Trinajstić information content (AvgIpc) is 2.78. The van der Waals surface area contributed by atoms with E-state index in [9.17, 15) is 13.2 Å². The number of carbonyl (C=O) groups excluding carboxylic acids is 1. The summed E-state index contributed by atoms with van der Waals surface area (Å²) in [5.74, 6) is 0.188. The Labute approximate surface area is 197 Å². The number of rotatable bonds is 9. The van der Waals surface area contributed by atoms with Crippen LogP contribution in [0.25, 0.3) is 0 Å². The number of hydrogen-bond acceptors (Lipinski definition) is 4. The lowest BCUT2D eigenvalue weighted by Crippen LogP contribution is -2.40. The van der Waals surface area contributed by atoms with Gasteiger partial charge >= 0.3 is 0 Å². The fraction of sp³-hybridized carbons (Fsp3) is 0.174. The van der Waals surface area contributed by atoms with Crippen LogP contribution < -0.4 is 10.1 Å². The predicted molar refractivity (Wildman–Crippen MR) is 125 cm³/mol. The summed E-state index contributed by atoms with van der Waals surface area (Å²) in [5.41, 5.74) is 1.44. The molecular weight excluding hydrogens is 471 g/mol. The molecule has 6 nitrogen and oxygen atoms in total. The van der Waals surface area contributed by atoms with Gasteiger partial charge in [0.25, 0.3) is 0 Å². The number of methoxy groups -OCH3 is 1. The lowest BCUT2D eigenvalue weighted by Gasteiger charge is -2.22. The average molecular weight is 493 g/mol. The van der Waals surface area contributed by atoms with Crippen molar-refractivity contribution in [3.8, 4) is 5.75 Å². The van der Waals surface area contributed by atoms with E-state index in [1.807, 2.05) is 18.2 Å². The minimum atomic E-state index is -3.97. The summed E-state index contributed by atoms with van der Waals surface area (Å²) in [7, 11) is -2.43. The molecule has 0 spiro atoms. The lowest BCUT2D eigenvalue weighted by molar-refractivity contribution is -0.121. The third kappa shape index (κ3) is 6.23. The van der Waals surface area contributed by atoms with Crippen LogP contribution in [0, 0.1) is 0 Å². The number of carbonyl (C=O) groups is 1. The smallest absolute Gasteiger partial charge is 0.243 e. The van der Waals surface area contributed by atoms with Gasteiger partial charge < -0.3 is 10.1 Å². The molecule has 0 unspecified atom stereocenters. The SMILES string of the molecule is COc1ccccc1CNC(=O)CN(Cc1cccc(Cl)c1)S(=O)(=O)c1ccc(Cl)cc1. The van der Waals surface area contributed by atoms with Gasteiger partial charge in [-0.3, -0.25) is 4.79 Å². The van der Waals surface area contributed by atoms with Gasteiger partial charge in [0.2, 0.25) is 15.9 Å². The van der Waals surface area contributed by atoms with Gasteiger partial charge in [-0.2, -0.15) is 4.31 Å². The van der Waals surface area contributed by atoms with E-state index in [4.69, 9.17) is 27.9 Å². The summed E-state index contributed by atoms with van der Waals surface area (Å²) < 4.78 is 33.0. The molecule has 0 aliphatic heterocycles. The van der Waals surface area contributed by atoms with Crippen molar-refractivity contribution in [1.29, 1.82) is 0 Å². The monoisotopic (exact) mass is 492 g/mol. The molecule has 9 heteroatoms. The zero-order valence-corrected chi connectivity index (χ0v) is 19.6. The van der Waals surface area contributed by atoms with Crippen LogP contribution in [0.15, 0.2) is 77.7 Å². The molecule has 32 heavy (non-hydrogen) atoms. The standard InChI is InChI=1S/C23H22Cl2N2O4S/c1-31-22-8-3-2-6-18(22)14-26-23(28)16-27(15-17-5-4-7-20(25)13-17)32(29,30)21-11-9-19(24)10-12-21/h2-13H,14-16H2,1H3,(H,26,28). The number of benzene rings is 3. The maximum absolute atomic E-state index is 13.3. The Kier molecular flexibility index (Phi) is 8.15. The predicted octanol–water partition coefficient (Wildman–Crippen LogP) is 4.51. The lowest BCUT2D eigenvalue weighted by atomic mass is 10.2. The fourth-order valence-electron chi connectivity index (χ4n) is 3.08. The molecule has 0 atom stereocenters. The number of halogens is 2. The first-order chi connectivity index (χ1) is 15.3. The molecular formula is C23H22Cl2N2O4S. The van der Waals surface area contributed by atoms with E-state index in [1.54, 1.807) is 37.4 Å². The van der Waals surface area contributed by atoms with Crippen LogP contribution in [-0.4, -0.2) is 32.3 Å². The number of nitrogens with one attached hydrogen (secondary N) is 1. The van der Waals surface area contributed by atoms with Gasteiger partial charge in [0.15, 0.2) is 0 Å². The molecule has 0 heterocycles. The first-order valence-corrected chi connectivity index (χ1v) is 11.9. The van der Waals surface area contributed by atoms with Crippen LogP contribution in [0.5, 0.6) is 5.75 Å². The van der Waals surface area contributed by atoms with Crippen molar-refractivity contribution < 1.29 is 17.9 Å². The molecule has 0 aliphatic carbocycles. The van der Waals surface area contributed by atoms with E-state index >= 15 is 0 Å². The summed E-state index contributed by atoms with van der Waals surface area (Å²) in [4.78, 5) is 12.8. The van der Waals surface area contributed by atoms with Gasteiger partial charge in [0.05, 0.1) is 18.6 Å². The molecule has 0 fully saturated rings. The van der Waals surface area contributed by atoms with E-state index in [2.05, 4.69) is 5.32 Å². The highest BCUT2D eigenvalue weighted by atomic mass is 35.5. The molecule has 168 valence electrons. The Morgan fingerprint density at radius 2 is 1.69 bits per heavy atom. The first-order valence-electron chi connectivity index (χ1n) is 9.68. The minimum Gasteiger partial charge on any atom is -0.496 e. The van der Waals surface area contributed by atoms with E-state index in [1.165, 1.54) is 24.3 Å². The molecule has 0 saturated heterocycles. The molecule has 0 radical (unpaired) electrons. The minimum absolute atomic E-state index is 0.0202. The van der Waals surface area contributed by atoms with Crippen LogP contribution in [0.3, 0.4) is 0 Å². The largest absolute Gasteiger partial charge is 0.496 e. The fourth-order valence-corrected chi connectivity index (χ4v) is 4.80. The van der Waals surface area contributed by atoms with Gasteiger partial charge in [0.1, 0.15) is 5.75 Å². The topological polar surface area (TPSA) is 75.7 Å². The van der Waals surface area contributed by atoms with Gasteiger partial charge in [-0.15, -0.1) is 0 Å². The molecule has 3 rings (SSSR count). The normalized spacial score (nSPS) is 11.4. The van der Waals surface area contributed by atoms with E-state index < -0.39 is 15.9 Å². The van der Waals surface area contributed by atoms with Gasteiger partial charge in [0, 0.05) is 28.7 Å². The van der Waals surface area contributed by atoms with Crippen LogP contribution in [0.4, 0.5) is 0 Å². The summed E-state index contributed by atoms with van der Waals surface area (Å²) in [6, 6.07) is 19.9. The van der Waals surface area contributed by atoms with Crippen molar-refractivity contribution in [3.63, 3.8) is 0 Å². The second kappa shape index (κ2) is 10.8. The first kappa shape index (κ1) is 24.1. The van der Waals surface area contributed by atoms with Gasteiger partial charge in [-0.1, -0.05) is 53.5 Å². The number of para-hydroxylation sites is 1. The number of nitrogens with zero attached hydrogens (tertiary/aromatic N) is 1. The maximum Gasteiger partial charge on any atom is 0.243 e. The highest BCUT2D eigenvalue weighted by Gasteiger charge is 2.27. The van der Waals surface area contributed by atoms with E-state index in [0.29, 0.717) is 21.4 Å². The Bertz CT molecular complexity index is 1180. The quantitative estimate of drug-likeness (QED) is 0.476. The van der Waals surface area contributed by atoms with Crippen LogP contribution >= 0.6 is 23.2 Å². The number of hydrogen-bond donors (Lipinski definition) is 1. The molecule has 3 aromatic carbocycles. The van der Waals surface area contributed by atoms with Crippen molar-refractivity contribution in [2.75, 3.05) is 13.7 Å². The molecule has 1 amide bonds. The van der Waals surface area contributed by atoms with Gasteiger partial charge in [-0.25, -0.2) is 8.42 Å². The second-order valence-electron chi connectivity index (χ2n) is 6.95. The summed E-state index contributed by atoms with van der Waals surface area (Å²) in [6.45, 7) is -0.185. The van der Waals surface area contributed by atoms with E-state index in [0.717, 1.165) is 9.87 Å². The Balaban J connectivity index is 1.81. The molecule has 3 aromatic rings. The molecule has 0 saturated carbocycles. The molecule has 1 N–H and O–H groups in total. The third-order valence-electron chi connectivity index (χ3n) is 4.69. The molecule has 0 bridgehead atoms. The zero-order chi connectivity index (χ0) is 23.1. The van der Waals surface area contributed by atoms with Crippen molar-refractivity contribution in [2.45, 2.75) is 18.0 Å². The summed E-state index contributed by atoms with van der Waals surface area (Å²) >= 11 is 12.0. The van der Waals surface area contributed by atoms with Gasteiger partial charge in [-0.05, 0) is 48.0 Å². The third-order valence-corrected chi connectivity index (χ3v) is 6.98. The number of ether oxygens (including phenoxy) is 1. The summed E-state index contributed by atoms with van der Waals surface area (Å²) in [6.07, 6.45) is 0. The molecule has 0 aliphatic rings. The Morgan fingerprint density at radius 1 is 0.969 bits per heavy atom. The zero-order valence-electron chi connectivity index (χ0n) is 17.3. The second-order valence-corrected chi connectivity index (χ2v) is 9.76. The Morgan fingerprint density at radius 3 is 2.38 bits per heavy atom. The Hall–Kier alpha value is -2.58. The molecule has 0 aromatic heterocycles. The highest BCUT2D eigenvalue weighted by molar-refractivity contribution is 7.89.